The van der Waals surface area contributed by atoms with E-state index in [-0.39, 0.29) is 38.7 Å². The van der Waals surface area contributed by atoms with Gasteiger partial charge in [0, 0.05) is 24.1 Å². The third-order valence-corrected chi connectivity index (χ3v) is 7.61. The second-order valence-electron chi connectivity index (χ2n) is 9.96. The highest BCUT2D eigenvalue weighted by Gasteiger charge is 2.75. The highest BCUT2D eigenvalue weighted by Crippen LogP contribution is 2.55. The zero-order valence-electron chi connectivity index (χ0n) is 25.8. The molecule has 0 saturated heterocycles. The summed E-state index contributed by atoms with van der Waals surface area (Å²) in [4.78, 5) is 74.3. The van der Waals surface area contributed by atoms with Crippen LogP contribution in [-0.4, -0.2) is 67.9 Å². The fourth-order valence-electron chi connectivity index (χ4n) is 5.73. The summed E-state index contributed by atoms with van der Waals surface area (Å²) in [5.74, 6) is -5.28. The molecular formula is C32H39NO10. The van der Waals surface area contributed by atoms with Gasteiger partial charge >= 0.3 is 29.8 Å². The molecule has 0 atom stereocenters. The molecule has 43 heavy (non-hydrogen) atoms. The summed E-state index contributed by atoms with van der Waals surface area (Å²) < 4.78 is 27.0. The van der Waals surface area contributed by atoms with Gasteiger partial charge in [-0.05, 0) is 70.7 Å². The van der Waals surface area contributed by atoms with Gasteiger partial charge in [-0.3, -0.25) is 19.2 Å². The Labute approximate surface area is 251 Å². The van der Waals surface area contributed by atoms with Crippen molar-refractivity contribution in [2.24, 2.45) is 10.8 Å². The molecule has 2 aromatic rings. The van der Waals surface area contributed by atoms with Crippen molar-refractivity contribution >= 4 is 29.8 Å². The highest BCUT2D eigenvalue weighted by atomic mass is 16.6. The Bertz CT molecular complexity index is 1380. The minimum atomic E-state index is -2.57. The number of fused-ring (bicyclic) bond motifs is 1. The second-order valence-corrected chi connectivity index (χ2v) is 9.96. The van der Waals surface area contributed by atoms with Crippen molar-refractivity contribution in [3.63, 3.8) is 0 Å². The van der Waals surface area contributed by atoms with Gasteiger partial charge in [-0.15, -0.1) is 0 Å². The van der Waals surface area contributed by atoms with Crippen LogP contribution in [0.5, 0.6) is 0 Å². The lowest BCUT2D eigenvalue weighted by atomic mass is 9.53. The molecule has 0 saturated carbocycles. The van der Waals surface area contributed by atoms with E-state index in [4.69, 9.17) is 23.7 Å². The summed E-state index contributed by atoms with van der Waals surface area (Å²) in [5, 5.41) is 0. The maximum Gasteiger partial charge on any atom is 0.357 e. The lowest BCUT2D eigenvalue weighted by Gasteiger charge is -2.46. The first-order valence-electron chi connectivity index (χ1n) is 14.5. The average molecular weight is 598 g/mol. The maximum absolute atomic E-state index is 14.2. The highest BCUT2D eigenvalue weighted by molar-refractivity contribution is 6.16. The summed E-state index contributed by atoms with van der Waals surface area (Å²) >= 11 is 0. The van der Waals surface area contributed by atoms with Gasteiger partial charge in [0.15, 0.2) is 16.5 Å². The molecule has 232 valence electrons. The van der Waals surface area contributed by atoms with Crippen LogP contribution in [0, 0.1) is 24.7 Å². The molecule has 0 radical (unpaired) electrons. The Morgan fingerprint density at radius 3 is 1.49 bits per heavy atom. The molecule has 1 aliphatic rings. The van der Waals surface area contributed by atoms with Crippen LogP contribution < -0.4 is 0 Å². The van der Waals surface area contributed by atoms with E-state index in [0.717, 1.165) is 5.56 Å². The lowest BCUT2D eigenvalue weighted by molar-refractivity contribution is -0.204. The van der Waals surface area contributed by atoms with Gasteiger partial charge in [-0.25, -0.2) is 9.78 Å². The molecule has 0 bridgehead atoms. The minimum absolute atomic E-state index is 0.0335. The molecule has 0 spiro atoms. The number of carbonyl (C=O) groups is 5. The standard InChI is InChI=1S/C32H39NO10/c1-8-39-26(34)25-24(21-16-14-13-15-19(21)6)23-18-32(29(37)42-11-4,30(38)43-12-5)31(27(35)40-9-2,28(36)41-10-3)17-22(23)20(7)33-25/h13-16H,8-12,17-18H2,1-7H3. The summed E-state index contributed by atoms with van der Waals surface area (Å²) in [7, 11) is 0. The van der Waals surface area contributed by atoms with E-state index in [2.05, 4.69) is 4.98 Å². The van der Waals surface area contributed by atoms with E-state index in [9.17, 15) is 24.0 Å². The number of benzene rings is 1. The zero-order valence-corrected chi connectivity index (χ0v) is 25.8. The van der Waals surface area contributed by atoms with E-state index in [1.54, 1.807) is 39.8 Å². The number of aryl methyl sites for hydroxylation is 2. The molecule has 3 rings (SSSR count). The number of aromatic nitrogens is 1. The number of nitrogens with zero attached hydrogens (tertiary/aromatic N) is 1. The molecule has 0 N–H and O–H groups in total. The van der Waals surface area contributed by atoms with Gasteiger partial charge in [-0.1, -0.05) is 24.3 Å². The van der Waals surface area contributed by atoms with E-state index < -0.39 is 53.5 Å². The first-order valence-corrected chi connectivity index (χ1v) is 14.5. The van der Waals surface area contributed by atoms with Crippen LogP contribution >= 0.6 is 0 Å². The van der Waals surface area contributed by atoms with Crippen molar-refractivity contribution in [2.45, 2.75) is 61.3 Å². The number of rotatable bonds is 11. The molecule has 1 heterocycles. The Morgan fingerprint density at radius 1 is 0.651 bits per heavy atom. The fraction of sp³-hybridized carbons (Fsp3) is 0.500. The fourth-order valence-corrected chi connectivity index (χ4v) is 5.73. The predicted octanol–water partition coefficient (Wildman–Crippen LogP) is 3.87. The van der Waals surface area contributed by atoms with Crippen molar-refractivity contribution in [2.75, 3.05) is 33.0 Å². The molecule has 1 aromatic carbocycles. The van der Waals surface area contributed by atoms with Gasteiger partial charge in [0.05, 0.1) is 33.0 Å². The Morgan fingerprint density at radius 2 is 1.07 bits per heavy atom. The lowest BCUT2D eigenvalue weighted by Crippen LogP contribution is -2.66. The van der Waals surface area contributed by atoms with E-state index in [1.807, 2.05) is 19.1 Å². The zero-order chi connectivity index (χ0) is 31.9. The molecule has 11 heteroatoms. The number of esters is 5. The normalized spacial score (nSPS) is 14.6. The molecule has 0 unspecified atom stereocenters. The van der Waals surface area contributed by atoms with Gasteiger partial charge in [0.1, 0.15) is 0 Å². The van der Waals surface area contributed by atoms with Crippen molar-refractivity contribution < 1.29 is 47.7 Å². The molecule has 0 fully saturated rings. The van der Waals surface area contributed by atoms with Crippen LogP contribution in [-0.2, 0) is 55.7 Å². The van der Waals surface area contributed by atoms with Gasteiger partial charge < -0.3 is 23.7 Å². The SMILES string of the molecule is CCOC(=O)c1nc(C)c2c(c1-c1ccccc1C)CC(C(=O)OCC)(C(=O)OCC)C(C(=O)OCC)(C(=O)OCC)C2. The van der Waals surface area contributed by atoms with Gasteiger partial charge in [0.25, 0.3) is 0 Å². The number of hydrogen-bond donors (Lipinski definition) is 0. The molecule has 1 aromatic heterocycles. The van der Waals surface area contributed by atoms with Crippen LogP contribution in [0.15, 0.2) is 24.3 Å². The van der Waals surface area contributed by atoms with Crippen molar-refractivity contribution in [1.29, 1.82) is 0 Å². The molecule has 11 nitrogen and oxygen atoms in total. The quantitative estimate of drug-likeness (QED) is 0.211. The van der Waals surface area contributed by atoms with Crippen LogP contribution in [0.4, 0.5) is 0 Å². The molecule has 0 aliphatic heterocycles. The third-order valence-electron chi connectivity index (χ3n) is 7.61. The first kappa shape index (κ1) is 33.2. The number of hydrogen-bond acceptors (Lipinski definition) is 11. The van der Waals surface area contributed by atoms with E-state index in [1.165, 1.54) is 13.8 Å². The van der Waals surface area contributed by atoms with Crippen molar-refractivity contribution in [1.82, 2.24) is 4.98 Å². The minimum Gasteiger partial charge on any atom is -0.465 e. The molecular weight excluding hydrogens is 558 g/mol. The number of pyridine rings is 1. The summed E-state index contributed by atoms with van der Waals surface area (Å²) in [5.41, 5.74) is -2.40. The van der Waals surface area contributed by atoms with Crippen molar-refractivity contribution in [3.8, 4) is 11.1 Å². The molecule has 0 amide bonds. The predicted molar refractivity (Wildman–Crippen MR) is 154 cm³/mol. The molecule has 1 aliphatic carbocycles. The van der Waals surface area contributed by atoms with Crippen LogP contribution in [0.1, 0.15) is 67.5 Å². The Kier molecular flexibility index (Phi) is 10.7. The number of carbonyl (C=O) groups excluding carboxylic acids is 5. The largest absolute Gasteiger partial charge is 0.465 e. The van der Waals surface area contributed by atoms with Gasteiger partial charge in [0.2, 0.25) is 0 Å². The average Bonchev–Trinajstić information content (AvgIpc) is 2.97. The van der Waals surface area contributed by atoms with Crippen LogP contribution in [0.25, 0.3) is 11.1 Å². The summed E-state index contributed by atoms with van der Waals surface area (Å²) in [6, 6.07) is 7.22. The second kappa shape index (κ2) is 13.8. The maximum atomic E-state index is 14.2. The van der Waals surface area contributed by atoms with E-state index >= 15 is 0 Å². The summed E-state index contributed by atoms with van der Waals surface area (Å²) in [6.07, 6.45) is -1.05. The van der Waals surface area contributed by atoms with E-state index in [0.29, 0.717) is 27.9 Å². The van der Waals surface area contributed by atoms with Crippen molar-refractivity contribution in [3.05, 3.63) is 52.3 Å². The third kappa shape index (κ3) is 5.60. The Balaban J connectivity index is 2.62. The van der Waals surface area contributed by atoms with Gasteiger partial charge in [-0.2, -0.15) is 0 Å². The first-order chi connectivity index (χ1) is 20.5. The summed E-state index contributed by atoms with van der Waals surface area (Å²) in [6.45, 7) is 10.7. The van der Waals surface area contributed by atoms with Crippen LogP contribution in [0.2, 0.25) is 0 Å². The topological polar surface area (TPSA) is 144 Å². The Hall–Kier alpha value is -4.28. The number of ether oxygens (including phenoxy) is 5. The smallest absolute Gasteiger partial charge is 0.357 e. The van der Waals surface area contributed by atoms with Crippen LogP contribution in [0.3, 0.4) is 0 Å². The monoisotopic (exact) mass is 597 g/mol.